The fourth-order valence-corrected chi connectivity index (χ4v) is 2.40. The van der Waals surface area contributed by atoms with Crippen molar-refractivity contribution in [2.75, 3.05) is 13.7 Å². The molecule has 0 fully saturated rings. The number of benzene rings is 2. The summed E-state index contributed by atoms with van der Waals surface area (Å²) in [5.41, 5.74) is 8.84. The summed E-state index contributed by atoms with van der Waals surface area (Å²) in [6.07, 6.45) is 0.572. The first-order valence-electron chi connectivity index (χ1n) is 6.73. The summed E-state index contributed by atoms with van der Waals surface area (Å²) >= 11 is 0. The molecule has 0 saturated heterocycles. The lowest BCUT2D eigenvalue weighted by Gasteiger charge is -2.17. The Hall–Kier alpha value is -1.87. The maximum Gasteiger partial charge on any atom is 0.168 e. The number of hydrogen-bond acceptors (Lipinski definition) is 2. The van der Waals surface area contributed by atoms with Crippen LogP contribution < -0.4 is 10.5 Å². The molecule has 2 N–H and O–H groups in total. The van der Waals surface area contributed by atoms with E-state index in [2.05, 4.69) is 6.07 Å². The van der Waals surface area contributed by atoms with Gasteiger partial charge in [0.25, 0.3) is 0 Å². The largest absolute Gasteiger partial charge is 0.494 e. The summed E-state index contributed by atoms with van der Waals surface area (Å²) in [6, 6.07) is 13.4. The quantitative estimate of drug-likeness (QED) is 0.906. The molecule has 0 aliphatic carbocycles. The Kier molecular flexibility index (Phi) is 4.74. The lowest BCUT2D eigenvalue weighted by molar-refractivity contribution is 0.383. The second kappa shape index (κ2) is 6.53. The third kappa shape index (κ3) is 3.17. The van der Waals surface area contributed by atoms with Gasteiger partial charge in [-0.2, -0.15) is 0 Å². The Bertz CT molecular complexity index is 583. The monoisotopic (exact) mass is 273 g/mol. The average Bonchev–Trinajstić information content (AvgIpc) is 2.46. The first-order valence-corrected chi connectivity index (χ1v) is 6.73. The maximum absolute atomic E-state index is 14.2. The minimum atomic E-state index is -0.291. The minimum Gasteiger partial charge on any atom is -0.494 e. The van der Waals surface area contributed by atoms with Gasteiger partial charge >= 0.3 is 0 Å². The predicted octanol–water partition coefficient (Wildman–Crippen LogP) is 3.43. The fourth-order valence-electron chi connectivity index (χ4n) is 2.40. The molecule has 0 radical (unpaired) electrons. The van der Waals surface area contributed by atoms with E-state index in [4.69, 9.17) is 10.5 Å². The van der Waals surface area contributed by atoms with Crippen LogP contribution in [0.4, 0.5) is 4.39 Å². The minimum absolute atomic E-state index is 0.108. The van der Waals surface area contributed by atoms with Crippen molar-refractivity contribution in [3.8, 4) is 5.75 Å². The van der Waals surface area contributed by atoms with E-state index in [0.717, 1.165) is 5.56 Å². The molecule has 0 bridgehead atoms. The molecule has 0 saturated carbocycles. The highest BCUT2D eigenvalue weighted by Crippen LogP contribution is 2.26. The first-order chi connectivity index (χ1) is 9.65. The molecule has 0 aliphatic rings. The van der Waals surface area contributed by atoms with Crippen LogP contribution in [-0.2, 0) is 6.42 Å². The van der Waals surface area contributed by atoms with E-state index in [-0.39, 0.29) is 17.5 Å². The second-order valence-electron chi connectivity index (χ2n) is 4.98. The zero-order chi connectivity index (χ0) is 14.5. The molecule has 0 spiro atoms. The van der Waals surface area contributed by atoms with Crippen LogP contribution in [0.25, 0.3) is 0 Å². The highest BCUT2D eigenvalue weighted by atomic mass is 19.1. The molecule has 0 aliphatic heterocycles. The lowest BCUT2D eigenvalue weighted by Crippen LogP contribution is -2.16. The van der Waals surface area contributed by atoms with Gasteiger partial charge in [0.2, 0.25) is 0 Å². The van der Waals surface area contributed by atoms with Gasteiger partial charge in [0, 0.05) is 5.92 Å². The van der Waals surface area contributed by atoms with Gasteiger partial charge in [-0.3, -0.25) is 0 Å². The number of aryl methyl sites for hydroxylation is 1. The fraction of sp³-hybridized carbons (Fsp3) is 0.294. The zero-order valence-corrected chi connectivity index (χ0v) is 11.9. The van der Waals surface area contributed by atoms with E-state index >= 15 is 0 Å². The van der Waals surface area contributed by atoms with Crippen molar-refractivity contribution in [3.05, 3.63) is 65.0 Å². The molecule has 1 atom stereocenters. The molecular weight excluding hydrogens is 253 g/mol. The van der Waals surface area contributed by atoms with Crippen molar-refractivity contribution in [1.82, 2.24) is 0 Å². The first kappa shape index (κ1) is 14.5. The van der Waals surface area contributed by atoms with Crippen LogP contribution in [0, 0.1) is 12.7 Å². The van der Waals surface area contributed by atoms with Crippen LogP contribution >= 0.6 is 0 Å². The number of halogens is 1. The summed E-state index contributed by atoms with van der Waals surface area (Å²) < 4.78 is 19.2. The molecule has 0 heterocycles. The van der Waals surface area contributed by atoms with E-state index in [9.17, 15) is 4.39 Å². The highest BCUT2D eigenvalue weighted by molar-refractivity contribution is 5.34. The second-order valence-corrected chi connectivity index (χ2v) is 4.98. The molecule has 20 heavy (non-hydrogen) atoms. The third-order valence-corrected chi connectivity index (χ3v) is 3.53. The van der Waals surface area contributed by atoms with Crippen molar-refractivity contribution >= 4 is 0 Å². The lowest BCUT2D eigenvalue weighted by atomic mass is 9.91. The van der Waals surface area contributed by atoms with E-state index in [1.54, 1.807) is 18.2 Å². The van der Waals surface area contributed by atoms with Gasteiger partial charge in [0.15, 0.2) is 11.6 Å². The molecule has 2 rings (SSSR count). The smallest absolute Gasteiger partial charge is 0.168 e. The zero-order valence-electron chi connectivity index (χ0n) is 11.9. The van der Waals surface area contributed by atoms with Crippen LogP contribution in [-0.4, -0.2) is 13.7 Å². The standard InChI is InChI=1S/C17H20FNO/c1-12-5-3-6-13(9-12)15(11-19)10-14-7-4-8-16(20-2)17(14)18/h3-9,15H,10-11,19H2,1-2H3. The van der Waals surface area contributed by atoms with Gasteiger partial charge in [-0.15, -0.1) is 0 Å². The van der Waals surface area contributed by atoms with E-state index in [1.165, 1.54) is 12.7 Å². The van der Waals surface area contributed by atoms with Crippen LogP contribution in [0.15, 0.2) is 42.5 Å². The number of ether oxygens (including phenoxy) is 1. The number of rotatable bonds is 5. The maximum atomic E-state index is 14.2. The topological polar surface area (TPSA) is 35.2 Å². The van der Waals surface area contributed by atoms with Crippen molar-refractivity contribution < 1.29 is 9.13 Å². The van der Waals surface area contributed by atoms with Gasteiger partial charge < -0.3 is 10.5 Å². The third-order valence-electron chi connectivity index (χ3n) is 3.53. The molecule has 0 aromatic heterocycles. The predicted molar refractivity (Wildman–Crippen MR) is 79.6 cm³/mol. The highest BCUT2D eigenvalue weighted by Gasteiger charge is 2.15. The Balaban J connectivity index is 2.27. The Morgan fingerprint density at radius 3 is 2.60 bits per heavy atom. The van der Waals surface area contributed by atoms with Crippen molar-refractivity contribution in [3.63, 3.8) is 0 Å². The van der Waals surface area contributed by atoms with E-state index < -0.39 is 0 Å². The van der Waals surface area contributed by atoms with Crippen molar-refractivity contribution in [1.29, 1.82) is 0 Å². The van der Waals surface area contributed by atoms with Crippen LogP contribution in [0.3, 0.4) is 0 Å². The van der Waals surface area contributed by atoms with Gasteiger partial charge in [-0.1, -0.05) is 42.0 Å². The number of methoxy groups -OCH3 is 1. The summed E-state index contributed by atoms with van der Waals surface area (Å²) in [4.78, 5) is 0. The SMILES string of the molecule is COc1cccc(CC(CN)c2cccc(C)c2)c1F. The summed E-state index contributed by atoms with van der Waals surface area (Å²) in [5, 5.41) is 0. The molecule has 2 nitrogen and oxygen atoms in total. The molecular formula is C17H20FNO. The van der Waals surface area contributed by atoms with Gasteiger partial charge in [0.1, 0.15) is 0 Å². The Morgan fingerprint density at radius 2 is 1.95 bits per heavy atom. The summed E-state index contributed by atoms with van der Waals surface area (Å²) in [7, 11) is 1.48. The van der Waals surface area contributed by atoms with E-state index in [0.29, 0.717) is 18.5 Å². The Labute approximate surface area is 119 Å². The Morgan fingerprint density at radius 1 is 1.20 bits per heavy atom. The molecule has 2 aromatic rings. The summed E-state index contributed by atoms with van der Waals surface area (Å²) in [6.45, 7) is 2.53. The molecule has 2 aromatic carbocycles. The molecule has 0 amide bonds. The molecule has 3 heteroatoms. The molecule has 1 unspecified atom stereocenters. The summed E-state index contributed by atoms with van der Waals surface area (Å²) in [5.74, 6) is 0.0973. The van der Waals surface area contributed by atoms with Crippen molar-refractivity contribution in [2.45, 2.75) is 19.3 Å². The van der Waals surface area contributed by atoms with Crippen LogP contribution in [0.5, 0.6) is 5.75 Å². The van der Waals surface area contributed by atoms with Gasteiger partial charge in [-0.05, 0) is 37.1 Å². The average molecular weight is 273 g/mol. The van der Waals surface area contributed by atoms with E-state index in [1.807, 2.05) is 25.1 Å². The number of hydrogen-bond donors (Lipinski definition) is 1. The number of nitrogens with two attached hydrogens (primary N) is 1. The molecule has 106 valence electrons. The van der Waals surface area contributed by atoms with Gasteiger partial charge in [-0.25, -0.2) is 4.39 Å². The van der Waals surface area contributed by atoms with Crippen LogP contribution in [0.2, 0.25) is 0 Å². The normalized spacial score (nSPS) is 12.2. The van der Waals surface area contributed by atoms with Crippen molar-refractivity contribution in [2.24, 2.45) is 5.73 Å². The van der Waals surface area contributed by atoms with Gasteiger partial charge in [0.05, 0.1) is 7.11 Å². The van der Waals surface area contributed by atoms with Crippen LogP contribution in [0.1, 0.15) is 22.6 Å².